The molecule has 0 radical (unpaired) electrons. The second-order valence-electron chi connectivity index (χ2n) is 17.2. The van der Waals surface area contributed by atoms with E-state index in [2.05, 4.69) is 159 Å². The third-order valence-corrected chi connectivity index (χ3v) is 20.2. The number of hydrogen-bond donors (Lipinski definition) is 0. The molecule has 1 spiro atoms. The van der Waals surface area contributed by atoms with Gasteiger partial charge in [-0.25, -0.2) is 0 Å². The summed E-state index contributed by atoms with van der Waals surface area (Å²) in [6.07, 6.45) is 5.50. The molecule has 0 fully saturated rings. The standard InChI is InChI=1S/C43H54O3Si2/c1-41(2,3)47(7,8)45-37-22-18-33-27-43(29-35(33)25-37)28-34-19-23-38(46-48(9,10)42(4,5)6)26-39(34)40(43)24-31-16-20-36(21-17-31)44-30-32-14-12-11-13-15-32/h11-26H,27-30H2,1-10H3. The summed E-state index contributed by atoms with van der Waals surface area (Å²) in [4.78, 5) is 0. The Morgan fingerprint density at radius 1 is 0.604 bits per heavy atom. The molecule has 0 saturated heterocycles. The summed E-state index contributed by atoms with van der Waals surface area (Å²) < 4.78 is 19.8. The summed E-state index contributed by atoms with van der Waals surface area (Å²) >= 11 is 0. The summed E-state index contributed by atoms with van der Waals surface area (Å²) in [6, 6.07) is 32.7. The molecule has 0 saturated carbocycles. The molecule has 0 aliphatic heterocycles. The van der Waals surface area contributed by atoms with Crippen molar-refractivity contribution in [2.24, 2.45) is 5.41 Å². The van der Waals surface area contributed by atoms with E-state index in [1.54, 1.807) is 0 Å². The molecule has 1 atom stereocenters. The second kappa shape index (κ2) is 12.4. The van der Waals surface area contributed by atoms with Crippen molar-refractivity contribution in [3.05, 3.63) is 124 Å². The van der Waals surface area contributed by atoms with Crippen molar-refractivity contribution < 1.29 is 13.6 Å². The molecule has 1 unspecified atom stereocenters. The van der Waals surface area contributed by atoms with Gasteiger partial charge in [0.1, 0.15) is 23.9 Å². The second-order valence-corrected chi connectivity index (χ2v) is 26.6. The highest BCUT2D eigenvalue weighted by atomic mass is 28.4. The minimum absolute atomic E-state index is 0.00165. The number of hydrogen-bond acceptors (Lipinski definition) is 3. The molecule has 5 heteroatoms. The monoisotopic (exact) mass is 674 g/mol. The van der Waals surface area contributed by atoms with Crippen LogP contribution in [0.25, 0.3) is 11.6 Å². The van der Waals surface area contributed by atoms with Gasteiger partial charge in [0.25, 0.3) is 0 Å². The van der Waals surface area contributed by atoms with E-state index in [1.807, 2.05) is 6.07 Å². The van der Waals surface area contributed by atoms with E-state index in [0.29, 0.717) is 6.61 Å². The molecule has 4 aromatic rings. The molecule has 48 heavy (non-hydrogen) atoms. The van der Waals surface area contributed by atoms with Crippen LogP contribution in [0, 0.1) is 5.41 Å². The van der Waals surface area contributed by atoms with Crippen LogP contribution in [-0.2, 0) is 25.9 Å². The zero-order valence-electron chi connectivity index (χ0n) is 30.8. The van der Waals surface area contributed by atoms with E-state index < -0.39 is 16.6 Å². The normalized spacial score (nSPS) is 18.6. The van der Waals surface area contributed by atoms with Crippen molar-refractivity contribution >= 4 is 28.3 Å². The van der Waals surface area contributed by atoms with Crippen LogP contribution in [0.1, 0.15) is 74.9 Å². The van der Waals surface area contributed by atoms with Crippen molar-refractivity contribution in [1.29, 1.82) is 0 Å². The van der Waals surface area contributed by atoms with Gasteiger partial charge in [-0.05, 0) is 131 Å². The lowest BCUT2D eigenvalue weighted by molar-refractivity contribution is 0.306. The van der Waals surface area contributed by atoms with Crippen molar-refractivity contribution in [2.75, 3.05) is 0 Å². The van der Waals surface area contributed by atoms with Gasteiger partial charge in [0, 0.05) is 5.41 Å². The van der Waals surface area contributed by atoms with Crippen molar-refractivity contribution in [3.63, 3.8) is 0 Å². The van der Waals surface area contributed by atoms with Gasteiger partial charge in [-0.2, -0.15) is 0 Å². The van der Waals surface area contributed by atoms with Crippen LogP contribution in [0.3, 0.4) is 0 Å². The summed E-state index contributed by atoms with van der Waals surface area (Å²) in [5, 5.41) is 0.288. The van der Waals surface area contributed by atoms with E-state index in [-0.39, 0.29) is 15.5 Å². The topological polar surface area (TPSA) is 27.7 Å². The van der Waals surface area contributed by atoms with Gasteiger partial charge in [0.2, 0.25) is 16.6 Å². The first-order valence-electron chi connectivity index (χ1n) is 17.6. The average molecular weight is 675 g/mol. The number of fused-ring (bicyclic) bond motifs is 2. The molecule has 0 bridgehead atoms. The van der Waals surface area contributed by atoms with E-state index in [1.165, 1.54) is 39.0 Å². The first-order chi connectivity index (χ1) is 22.4. The number of rotatable bonds is 8. The fraction of sp³-hybridized carbons (Fsp3) is 0.395. The smallest absolute Gasteiger partial charge is 0.250 e. The maximum Gasteiger partial charge on any atom is 0.250 e. The van der Waals surface area contributed by atoms with Crippen LogP contribution in [0.15, 0.2) is 91.0 Å². The fourth-order valence-corrected chi connectivity index (χ4v) is 8.62. The lowest BCUT2D eigenvalue weighted by Crippen LogP contribution is -2.43. The van der Waals surface area contributed by atoms with Crippen molar-refractivity contribution in [1.82, 2.24) is 0 Å². The van der Waals surface area contributed by atoms with E-state index in [9.17, 15) is 0 Å². The minimum atomic E-state index is -1.99. The van der Waals surface area contributed by atoms with Gasteiger partial charge in [-0.15, -0.1) is 0 Å². The molecule has 6 rings (SSSR count). The Morgan fingerprint density at radius 2 is 1.12 bits per heavy atom. The Kier molecular flexibility index (Phi) is 8.87. The third kappa shape index (κ3) is 6.95. The lowest BCUT2D eigenvalue weighted by Gasteiger charge is -2.36. The fourth-order valence-electron chi connectivity index (χ4n) is 6.57. The van der Waals surface area contributed by atoms with Crippen LogP contribution >= 0.6 is 0 Å². The predicted molar refractivity (Wildman–Crippen MR) is 207 cm³/mol. The van der Waals surface area contributed by atoms with Crippen molar-refractivity contribution in [2.45, 2.75) is 104 Å². The van der Waals surface area contributed by atoms with Crippen LogP contribution in [-0.4, -0.2) is 16.6 Å². The molecular weight excluding hydrogens is 621 g/mol. The Bertz CT molecular complexity index is 1800. The van der Waals surface area contributed by atoms with Gasteiger partial charge < -0.3 is 13.6 Å². The molecule has 4 aromatic carbocycles. The number of ether oxygens (including phenoxy) is 1. The Hall–Kier alpha value is -3.55. The summed E-state index contributed by atoms with van der Waals surface area (Å²) in [6.45, 7) is 23.7. The van der Waals surface area contributed by atoms with Crippen LogP contribution in [0.5, 0.6) is 17.2 Å². The predicted octanol–water partition coefficient (Wildman–Crippen LogP) is 11.9. The quantitative estimate of drug-likeness (QED) is 0.174. The van der Waals surface area contributed by atoms with Gasteiger partial charge in [-0.3, -0.25) is 0 Å². The molecule has 0 N–H and O–H groups in total. The highest BCUT2D eigenvalue weighted by molar-refractivity contribution is 6.75. The summed E-state index contributed by atoms with van der Waals surface area (Å²) in [5.41, 5.74) is 9.39. The molecule has 0 amide bonds. The molecule has 252 valence electrons. The van der Waals surface area contributed by atoms with Gasteiger partial charge in [0.05, 0.1) is 0 Å². The molecule has 0 heterocycles. The van der Waals surface area contributed by atoms with Crippen LogP contribution in [0.2, 0.25) is 36.3 Å². The molecule has 0 aromatic heterocycles. The summed E-state index contributed by atoms with van der Waals surface area (Å²) in [5.74, 6) is 2.90. The Balaban J connectivity index is 1.34. The molecule has 2 aliphatic carbocycles. The minimum Gasteiger partial charge on any atom is -0.543 e. The maximum atomic E-state index is 6.85. The van der Waals surface area contributed by atoms with Crippen molar-refractivity contribution in [3.8, 4) is 17.2 Å². The zero-order chi connectivity index (χ0) is 34.5. The number of allylic oxidation sites excluding steroid dienone is 1. The highest BCUT2D eigenvalue weighted by Crippen LogP contribution is 2.56. The van der Waals surface area contributed by atoms with Crippen LogP contribution in [0.4, 0.5) is 0 Å². The van der Waals surface area contributed by atoms with Gasteiger partial charge in [0.15, 0.2) is 0 Å². The molecule has 3 nitrogen and oxygen atoms in total. The Morgan fingerprint density at radius 3 is 1.73 bits per heavy atom. The molecule has 2 aliphatic rings. The Labute approximate surface area is 291 Å². The lowest BCUT2D eigenvalue weighted by atomic mass is 9.77. The first kappa shape index (κ1) is 34.3. The first-order valence-corrected chi connectivity index (χ1v) is 23.4. The SMILES string of the molecule is CC(C)(C)[Si](C)(C)Oc1ccc2c(c1)CC1(C2)Cc2ccc(O[Si](C)(C)C(C)(C)C)cc2C1=Cc1ccc(OCc2ccccc2)cc1. The zero-order valence-corrected chi connectivity index (χ0v) is 32.8. The third-order valence-electron chi connectivity index (χ3n) is 11.5. The maximum absolute atomic E-state index is 6.85. The molecular formula is C43H54O3Si2. The van der Waals surface area contributed by atoms with Gasteiger partial charge >= 0.3 is 0 Å². The number of benzene rings is 4. The van der Waals surface area contributed by atoms with Crippen LogP contribution < -0.4 is 13.6 Å². The average Bonchev–Trinajstić information content (AvgIpc) is 3.51. The largest absolute Gasteiger partial charge is 0.543 e. The summed E-state index contributed by atoms with van der Waals surface area (Å²) in [7, 11) is -3.93. The van der Waals surface area contributed by atoms with E-state index in [4.69, 9.17) is 13.6 Å². The van der Waals surface area contributed by atoms with E-state index in [0.717, 1.165) is 36.5 Å². The van der Waals surface area contributed by atoms with E-state index >= 15 is 0 Å². The highest BCUT2D eigenvalue weighted by Gasteiger charge is 2.47. The van der Waals surface area contributed by atoms with Gasteiger partial charge in [-0.1, -0.05) is 102 Å².